The van der Waals surface area contributed by atoms with E-state index in [0.717, 1.165) is 6.42 Å². The summed E-state index contributed by atoms with van der Waals surface area (Å²) in [4.78, 5) is -0.0522. The van der Waals surface area contributed by atoms with Crippen LogP contribution in [0.4, 0.5) is 5.69 Å². The van der Waals surface area contributed by atoms with Crippen molar-refractivity contribution < 1.29 is 21.6 Å². The number of methoxy groups -OCH3 is 1. The molecular weight excluding hydrogens is 352 g/mol. The van der Waals surface area contributed by atoms with Crippen molar-refractivity contribution in [3.05, 3.63) is 18.2 Å². The molecule has 0 aliphatic carbocycles. The Balaban J connectivity index is 2.48. The van der Waals surface area contributed by atoms with Crippen LogP contribution in [0.1, 0.15) is 33.1 Å². The van der Waals surface area contributed by atoms with Crippen LogP contribution in [0.3, 0.4) is 0 Å². The molecule has 24 heavy (non-hydrogen) atoms. The zero-order chi connectivity index (χ0) is 18.0. The highest BCUT2D eigenvalue weighted by Crippen LogP contribution is 2.31. The fourth-order valence-corrected chi connectivity index (χ4v) is 5.67. The van der Waals surface area contributed by atoms with E-state index in [-0.39, 0.29) is 22.4 Å². The van der Waals surface area contributed by atoms with E-state index in [2.05, 4.69) is 4.72 Å². The molecular formula is C15H24N2O5S2. The van der Waals surface area contributed by atoms with Crippen molar-refractivity contribution in [1.82, 2.24) is 4.72 Å². The third-order valence-electron chi connectivity index (χ3n) is 4.04. The molecule has 1 heterocycles. The Morgan fingerprint density at radius 3 is 2.62 bits per heavy atom. The minimum atomic E-state index is -3.81. The molecule has 1 aromatic carbocycles. The van der Waals surface area contributed by atoms with Gasteiger partial charge in [0.25, 0.3) is 0 Å². The zero-order valence-corrected chi connectivity index (χ0v) is 15.8. The minimum absolute atomic E-state index is 0.0522. The van der Waals surface area contributed by atoms with Gasteiger partial charge in [-0.15, -0.1) is 0 Å². The van der Waals surface area contributed by atoms with Crippen molar-refractivity contribution in [3.8, 4) is 5.75 Å². The van der Waals surface area contributed by atoms with Crippen LogP contribution in [0.2, 0.25) is 0 Å². The highest BCUT2D eigenvalue weighted by atomic mass is 32.2. The Labute approximate surface area is 144 Å². The lowest BCUT2D eigenvalue weighted by Crippen LogP contribution is -2.38. The third kappa shape index (κ3) is 4.01. The van der Waals surface area contributed by atoms with Gasteiger partial charge in [0, 0.05) is 12.6 Å². The van der Waals surface area contributed by atoms with E-state index in [4.69, 9.17) is 4.74 Å². The standard InChI is InChI=1S/C15H24N2O5S2/c1-4-12(2)16-24(20,21)15-11-13(7-8-14(15)22-3)17-9-5-6-10-23(17,18)19/h7-8,11-12,16H,4-6,9-10H2,1-3H3. The third-order valence-corrected chi connectivity index (χ3v) is 7.52. The van der Waals surface area contributed by atoms with Crippen LogP contribution in [0.5, 0.6) is 5.75 Å². The predicted molar refractivity (Wildman–Crippen MR) is 93.4 cm³/mol. The van der Waals surface area contributed by atoms with Crippen LogP contribution in [-0.2, 0) is 20.0 Å². The maximum Gasteiger partial charge on any atom is 0.244 e. The van der Waals surface area contributed by atoms with Gasteiger partial charge < -0.3 is 4.74 Å². The second-order valence-corrected chi connectivity index (χ2v) is 9.56. The van der Waals surface area contributed by atoms with Gasteiger partial charge in [0.1, 0.15) is 10.6 Å². The summed E-state index contributed by atoms with van der Waals surface area (Å²) in [5.41, 5.74) is 0.347. The molecule has 1 saturated heterocycles. The van der Waals surface area contributed by atoms with E-state index in [9.17, 15) is 16.8 Å². The maximum atomic E-state index is 12.6. The molecule has 0 amide bonds. The fourth-order valence-electron chi connectivity index (χ4n) is 2.52. The average molecular weight is 377 g/mol. The summed E-state index contributed by atoms with van der Waals surface area (Å²) in [5, 5.41) is 0. The van der Waals surface area contributed by atoms with E-state index in [1.54, 1.807) is 13.0 Å². The summed E-state index contributed by atoms with van der Waals surface area (Å²) in [5.74, 6) is 0.260. The van der Waals surface area contributed by atoms with E-state index in [1.165, 1.54) is 23.5 Å². The molecule has 0 radical (unpaired) electrons. The predicted octanol–water partition coefficient (Wildman–Crippen LogP) is 1.70. The molecule has 1 aliphatic rings. The number of ether oxygens (including phenoxy) is 1. The first kappa shape index (κ1) is 19.0. The highest BCUT2D eigenvalue weighted by Gasteiger charge is 2.29. The van der Waals surface area contributed by atoms with Gasteiger partial charge in [-0.1, -0.05) is 6.92 Å². The molecule has 1 fully saturated rings. The lowest BCUT2D eigenvalue weighted by molar-refractivity contribution is 0.402. The molecule has 1 aliphatic heterocycles. The summed E-state index contributed by atoms with van der Waals surface area (Å²) >= 11 is 0. The molecule has 0 aromatic heterocycles. The number of rotatable bonds is 6. The van der Waals surface area contributed by atoms with Gasteiger partial charge in [-0.3, -0.25) is 4.31 Å². The van der Waals surface area contributed by atoms with Crippen LogP contribution in [0, 0.1) is 0 Å². The topological polar surface area (TPSA) is 92.8 Å². The van der Waals surface area contributed by atoms with Gasteiger partial charge in [0.15, 0.2) is 0 Å². The lowest BCUT2D eigenvalue weighted by Gasteiger charge is -2.29. The van der Waals surface area contributed by atoms with Crippen LogP contribution < -0.4 is 13.8 Å². The van der Waals surface area contributed by atoms with Crippen LogP contribution in [0.15, 0.2) is 23.1 Å². The number of hydrogen-bond acceptors (Lipinski definition) is 5. The molecule has 0 bridgehead atoms. The summed E-state index contributed by atoms with van der Waals surface area (Å²) in [7, 11) is -5.83. The first-order valence-electron chi connectivity index (χ1n) is 7.92. The van der Waals surface area contributed by atoms with E-state index < -0.39 is 20.0 Å². The van der Waals surface area contributed by atoms with Gasteiger partial charge in [-0.25, -0.2) is 21.6 Å². The molecule has 1 aromatic rings. The molecule has 2 rings (SSSR count). The lowest BCUT2D eigenvalue weighted by atomic mass is 10.2. The van der Waals surface area contributed by atoms with Crippen molar-refractivity contribution >= 4 is 25.7 Å². The van der Waals surface area contributed by atoms with E-state index in [0.29, 0.717) is 25.1 Å². The smallest absolute Gasteiger partial charge is 0.244 e. The Kier molecular flexibility index (Phi) is 5.77. The molecule has 1 N–H and O–H groups in total. The quantitative estimate of drug-likeness (QED) is 0.816. The maximum absolute atomic E-state index is 12.6. The molecule has 0 saturated carbocycles. The summed E-state index contributed by atoms with van der Waals surface area (Å²) in [6, 6.07) is 4.20. The van der Waals surface area contributed by atoms with Gasteiger partial charge in [0.05, 0.1) is 18.6 Å². The molecule has 9 heteroatoms. The van der Waals surface area contributed by atoms with E-state index >= 15 is 0 Å². The zero-order valence-electron chi connectivity index (χ0n) is 14.1. The van der Waals surface area contributed by atoms with Crippen LogP contribution in [-0.4, -0.2) is 42.3 Å². The normalized spacial score (nSPS) is 19.0. The Morgan fingerprint density at radius 1 is 1.33 bits per heavy atom. The van der Waals surface area contributed by atoms with E-state index in [1.807, 2.05) is 6.92 Å². The van der Waals surface area contributed by atoms with Crippen molar-refractivity contribution in [2.45, 2.75) is 44.0 Å². The fraction of sp³-hybridized carbons (Fsp3) is 0.600. The van der Waals surface area contributed by atoms with Gasteiger partial charge >= 0.3 is 0 Å². The second kappa shape index (κ2) is 7.28. The minimum Gasteiger partial charge on any atom is -0.495 e. The Morgan fingerprint density at radius 2 is 2.04 bits per heavy atom. The SMILES string of the molecule is CCC(C)NS(=O)(=O)c1cc(N2CCCCS2(=O)=O)ccc1OC. The molecule has 7 nitrogen and oxygen atoms in total. The molecule has 1 atom stereocenters. The number of hydrogen-bond donors (Lipinski definition) is 1. The second-order valence-electron chi connectivity index (χ2n) is 5.86. The van der Waals surface area contributed by atoms with Crippen molar-refractivity contribution in [1.29, 1.82) is 0 Å². The Bertz CT molecular complexity index is 790. The van der Waals surface area contributed by atoms with Gasteiger partial charge in [-0.2, -0.15) is 0 Å². The number of sulfonamides is 2. The first-order chi connectivity index (χ1) is 11.2. The monoisotopic (exact) mass is 376 g/mol. The average Bonchev–Trinajstić information content (AvgIpc) is 2.53. The number of benzene rings is 1. The van der Waals surface area contributed by atoms with Gasteiger partial charge in [-0.05, 0) is 44.4 Å². The van der Waals surface area contributed by atoms with Crippen molar-refractivity contribution in [3.63, 3.8) is 0 Å². The number of nitrogens with zero attached hydrogens (tertiary/aromatic N) is 1. The highest BCUT2D eigenvalue weighted by molar-refractivity contribution is 7.92. The summed E-state index contributed by atoms with van der Waals surface area (Å²) in [6.07, 6.45) is 2.01. The molecule has 0 spiro atoms. The Hall–Kier alpha value is -1.32. The summed E-state index contributed by atoms with van der Waals surface area (Å²) < 4.78 is 58.7. The van der Waals surface area contributed by atoms with Crippen LogP contribution in [0.25, 0.3) is 0 Å². The number of anilines is 1. The van der Waals surface area contributed by atoms with Gasteiger partial charge in [0.2, 0.25) is 20.0 Å². The van der Waals surface area contributed by atoms with Crippen molar-refractivity contribution in [2.75, 3.05) is 23.7 Å². The first-order valence-corrected chi connectivity index (χ1v) is 11.0. The van der Waals surface area contributed by atoms with Crippen molar-refractivity contribution in [2.24, 2.45) is 0 Å². The van der Waals surface area contributed by atoms with Crippen LogP contribution >= 0.6 is 0 Å². The molecule has 1 unspecified atom stereocenters. The number of nitrogens with one attached hydrogen (secondary N) is 1. The summed E-state index contributed by atoms with van der Waals surface area (Å²) in [6.45, 7) is 4.00. The largest absolute Gasteiger partial charge is 0.495 e. The molecule has 136 valence electrons.